The van der Waals surface area contributed by atoms with E-state index in [1.807, 2.05) is 52.9 Å². The van der Waals surface area contributed by atoms with Crippen LogP contribution in [0.5, 0.6) is 0 Å². The minimum absolute atomic E-state index is 0.00455. The van der Waals surface area contributed by atoms with Gasteiger partial charge in [0.15, 0.2) is 0 Å². The second kappa shape index (κ2) is 8.07. The molecule has 2 aliphatic rings. The van der Waals surface area contributed by atoms with Crippen LogP contribution >= 0.6 is 11.3 Å². The Morgan fingerprint density at radius 2 is 1.93 bits per heavy atom. The Kier molecular flexibility index (Phi) is 5.47. The number of nitrogens with zero attached hydrogens (tertiary/aromatic N) is 2. The number of thiophene rings is 1. The van der Waals surface area contributed by atoms with E-state index in [-0.39, 0.29) is 23.8 Å². The molecule has 6 nitrogen and oxygen atoms in total. The first-order chi connectivity index (χ1) is 14.4. The predicted molar refractivity (Wildman–Crippen MR) is 117 cm³/mol. The van der Waals surface area contributed by atoms with Gasteiger partial charge >= 0.3 is 6.03 Å². The lowest BCUT2D eigenvalue weighted by Gasteiger charge is -2.39. The van der Waals surface area contributed by atoms with Crippen molar-refractivity contribution < 1.29 is 14.4 Å². The van der Waals surface area contributed by atoms with Crippen LogP contribution in [0.25, 0.3) is 6.08 Å². The number of imide groups is 1. The molecule has 1 aromatic carbocycles. The fourth-order valence-electron chi connectivity index (χ4n) is 4.31. The number of urea groups is 1. The van der Waals surface area contributed by atoms with Crippen molar-refractivity contribution in [3.8, 4) is 0 Å². The number of benzene rings is 1. The van der Waals surface area contributed by atoms with E-state index in [1.165, 1.54) is 4.90 Å². The van der Waals surface area contributed by atoms with Crippen molar-refractivity contribution in [1.29, 1.82) is 0 Å². The quantitative estimate of drug-likeness (QED) is 0.745. The SMILES string of the molecule is C=Cc1ccc(C(=O)N2CCC(C3(C)NC(=O)N(Cc4ccsc4)C3=O)CC2)cc1. The molecular formula is C23H25N3O3S. The molecule has 4 amide bonds. The highest BCUT2D eigenvalue weighted by molar-refractivity contribution is 7.07. The van der Waals surface area contributed by atoms with Crippen LogP contribution in [0.2, 0.25) is 0 Å². The summed E-state index contributed by atoms with van der Waals surface area (Å²) in [5.41, 5.74) is 1.65. The Bertz CT molecular complexity index is 962. The molecule has 1 aromatic heterocycles. The summed E-state index contributed by atoms with van der Waals surface area (Å²) in [7, 11) is 0. The van der Waals surface area contributed by atoms with Gasteiger partial charge in [0.2, 0.25) is 0 Å². The van der Waals surface area contributed by atoms with Crippen molar-refractivity contribution in [3.63, 3.8) is 0 Å². The summed E-state index contributed by atoms with van der Waals surface area (Å²) in [4.78, 5) is 41.6. The first-order valence-electron chi connectivity index (χ1n) is 10.1. The van der Waals surface area contributed by atoms with Gasteiger partial charge in [0.1, 0.15) is 5.54 Å². The fraction of sp³-hybridized carbons (Fsp3) is 0.348. The molecule has 1 atom stereocenters. The molecule has 7 heteroatoms. The largest absolute Gasteiger partial charge is 0.339 e. The van der Waals surface area contributed by atoms with Crippen molar-refractivity contribution in [2.45, 2.75) is 31.8 Å². The van der Waals surface area contributed by atoms with E-state index in [1.54, 1.807) is 17.4 Å². The first-order valence-corrected chi connectivity index (χ1v) is 11.0. The van der Waals surface area contributed by atoms with Crippen LogP contribution in [0.3, 0.4) is 0 Å². The monoisotopic (exact) mass is 423 g/mol. The van der Waals surface area contributed by atoms with Gasteiger partial charge in [0.25, 0.3) is 11.8 Å². The molecule has 2 aliphatic heterocycles. The molecule has 0 saturated carbocycles. The highest BCUT2D eigenvalue weighted by Gasteiger charge is 2.52. The standard InChI is InChI=1S/C23H25N3O3S/c1-3-16-4-6-18(7-5-16)20(27)25-11-8-19(9-12-25)23(2)21(28)26(22(29)24-23)14-17-10-13-30-15-17/h3-7,10,13,15,19H,1,8-9,11-12,14H2,2H3,(H,24,29). The summed E-state index contributed by atoms with van der Waals surface area (Å²) < 4.78 is 0. The van der Waals surface area contributed by atoms with Crippen molar-refractivity contribution in [1.82, 2.24) is 15.1 Å². The van der Waals surface area contributed by atoms with Crippen molar-refractivity contribution in [2.24, 2.45) is 5.92 Å². The van der Waals surface area contributed by atoms with Gasteiger partial charge in [0.05, 0.1) is 6.54 Å². The number of carbonyl (C=O) groups excluding carboxylic acids is 3. The van der Waals surface area contributed by atoms with Gasteiger partial charge in [-0.15, -0.1) is 0 Å². The minimum Gasteiger partial charge on any atom is -0.339 e. The summed E-state index contributed by atoms with van der Waals surface area (Å²) in [5.74, 6) is -0.188. The molecule has 1 N–H and O–H groups in total. The van der Waals surface area contributed by atoms with E-state index >= 15 is 0 Å². The molecule has 0 spiro atoms. The normalized spacial score (nSPS) is 22.3. The minimum atomic E-state index is -0.923. The molecule has 156 valence electrons. The van der Waals surface area contributed by atoms with Gasteiger partial charge in [-0.2, -0.15) is 11.3 Å². The molecule has 2 saturated heterocycles. The Morgan fingerprint density at radius 1 is 1.23 bits per heavy atom. The van der Waals surface area contributed by atoms with E-state index in [0.29, 0.717) is 38.0 Å². The lowest BCUT2D eigenvalue weighted by molar-refractivity contribution is -0.133. The summed E-state index contributed by atoms with van der Waals surface area (Å²) in [6.45, 7) is 6.97. The zero-order valence-corrected chi connectivity index (χ0v) is 17.8. The van der Waals surface area contributed by atoms with E-state index in [2.05, 4.69) is 11.9 Å². The number of piperidine rings is 1. The number of rotatable bonds is 5. The smallest absolute Gasteiger partial charge is 0.325 e. The van der Waals surface area contributed by atoms with Crippen LogP contribution in [-0.4, -0.2) is 46.3 Å². The van der Waals surface area contributed by atoms with Gasteiger partial charge in [-0.1, -0.05) is 24.8 Å². The van der Waals surface area contributed by atoms with Crippen LogP contribution < -0.4 is 5.32 Å². The van der Waals surface area contributed by atoms with Gasteiger partial charge in [-0.25, -0.2) is 4.79 Å². The molecule has 30 heavy (non-hydrogen) atoms. The van der Waals surface area contributed by atoms with Crippen LogP contribution in [0.4, 0.5) is 4.79 Å². The maximum atomic E-state index is 13.1. The van der Waals surface area contributed by atoms with Gasteiger partial charge < -0.3 is 10.2 Å². The molecule has 3 heterocycles. The lowest BCUT2D eigenvalue weighted by Crippen LogP contribution is -2.54. The summed E-state index contributed by atoms with van der Waals surface area (Å²) >= 11 is 1.54. The molecule has 0 bridgehead atoms. The number of hydrogen-bond acceptors (Lipinski definition) is 4. The van der Waals surface area contributed by atoms with E-state index in [0.717, 1.165) is 11.1 Å². The van der Waals surface area contributed by atoms with Crippen molar-refractivity contribution in [2.75, 3.05) is 13.1 Å². The molecule has 2 fully saturated rings. The van der Waals surface area contributed by atoms with Crippen LogP contribution in [-0.2, 0) is 11.3 Å². The second-order valence-corrected chi connectivity index (χ2v) is 8.83. The Hall–Kier alpha value is -2.93. The number of carbonyl (C=O) groups is 3. The summed E-state index contributed by atoms with van der Waals surface area (Å²) in [6.07, 6.45) is 3.09. The van der Waals surface area contributed by atoms with Crippen LogP contribution in [0.15, 0.2) is 47.7 Å². The number of nitrogens with one attached hydrogen (secondary N) is 1. The van der Waals surface area contributed by atoms with Crippen LogP contribution in [0, 0.1) is 5.92 Å². The molecular weight excluding hydrogens is 398 g/mol. The molecule has 4 rings (SSSR count). The van der Waals surface area contributed by atoms with E-state index in [4.69, 9.17) is 0 Å². The summed E-state index contributed by atoms with van der Waals surface area (Å²) in [5, 5.41) is 6.81. The van der Waals surface area contributed by atoms with E-state index < -0.39 is 5.54 Å². The highest BCUT2D eigenvalue weighted by Crippen LogP contribution is 2.34. The number of hydrogen-bond donors (Lipinski definition) is 1. The Labute approximate surface area is 180 Å². The third-order valence-corrected chi connectivity index (χ3v) is 6.95. The van der Waals surface area contributed by atoms with E-state index in [9.17, 15) is 14.4 Å². The predicted octanol–water partition coefficient (Wildman–Crippen LogP) is 3.75. The molecule has 1 unspecified atom stereocenters. The summed E-state index contributed by atoms with van der Waals surface area (Å²) in [6, 6.07) is 8.97. The fourth-order valence-corrected chi connectivity index (χ4v) is 4.97. The van der Waals surface area contributed by atoms with Crippen molar-refractivity contribution in [3.05, 3.63) is 64.4 Å². The number of likely N-dealkylation sites (tertiary alicyclic amines) is 1. The zero-order valence-electron chi connectivity index (χ0n) is 17.0. The maximum absolute atomic E-state index is 13.1. The molecule has 2 aromatic rings. The molecule has 0 aliphatic carbocycles. The van der Waals surface area contributed by atoms with Crippen molar-refractivity contribution >= 4 is 35.3 Å². The Balaban J connectivity index is 1.40. The third-order valence-electron chi connectivity index (χ3n) is 6.21. The Morgan fingerprint density at radius 3 is 2.53 bits per heavy atom. The average Bonchev–Trinajstić information content (AvgIpc) is 3.36. The zero-order chi connectivity index (χ0) is 21.3. The lowest BCUT2D eigenvalue weighted by atomic mass is 9.78. The van der Waals surface area contributed by atoms with Gasteiger partial charge in [-0.05, 0) is 65.8 Å². The van der Waals surface area contributed by atoms with Crippen LogP contribution in [0.1, 0.15) is 41.3 Å². The topological polar surface area (TPSA) is 69.7 Å². The maximum Gasteiger partial charge on any atom is 0.325 e. The van der Waals surface area contributed by atoms with Gasteiger partial charge in [-0.3, -0.25) is 14.5 Å². The highest BCUT2D eigenvalue weighted by atomic mass is 32.1. The third kappa shape index (κ3) is 3.65. The molecule has 0 radical (unpaired) electrons. The number of amides is 4. The second-order valence-electron chi connectivity index (χ2n) is 8.05. The average molecular weight is 424 g/mol. The van der Waals surface area contributed by atoms with Gasteiger partial charge in [0, 0.05) is 18.7 Å². The first kappa shape index (κ1) is 20.3.